The van der Waals surface area contributed by atoms with Crippen molar-refractivity contribution in [2.45, 2.75) is 20.3 Å². The molecule has 3 nitrogen and oxygen atoms in total. The first kappa shape index (κ1) is 13.1. The summed E-state index contributed by atoms with van der Waals surface area (Å²) in [7, 11) is 0. The fraction of sp³-hybridized carbons (Fsp3) is 0.357. The van der Waals surface area contributed by atoms with E-state index in [1.165, 1.54) is 0 Å². The first-order valence-electron chi connectivity index (χ1n) is 6.08. The van der Waals surface area contributed by atoms with Crippen LogP contribution < -0.4 is 10.5 Å². The first-order chi connectivity index (χ1) is 8.60. The normalized spacial score (nSPS) is 12.6. The van der Waals surface area contributed by atoms with Crippen LogP contribution in [0.25, 0.3) is 10.9 Å². The molecule has 0 aliphatic rings. The third-order valence-electron chi connectivity index (χ3n) is 3.00. The van der Waals surface area contributed by atoms with Gasteiger partial charge in [0.05, 0.1) is 16.6 Å². The average Bonchev–Trinajstić information content (AvgIpc) is 2.37. The number of hydrogen-bond acceptors (Lipinski definition) is 3. The Balaban J connectivity index is 2.24. The number of rotatable bonds is 4. The molecule has 2 rings (SSSR count). The van der Waals surface area contributed by atoms with Gasteiger partial charge in [0, 0.05) is 11.5 Å². The molecule has 0 aliphatic heterocycles. The van der Waals surface area contributed by atoms with Crippen molar-refractivity contribution in [2.24, 2.45) is 5.92 Å². The first-order valence-corrected chi connectivity index (χ1v) is 6.88. The van der Waals surface area contributed by atoms with Crippen LogP contribution in [0.4, 0.5) is 5.82 Å². The molecule has 0 aliphatic carbocycles. The Bertz CT molecular complexity index is 557. The predicted octanol–water partition coefficient (Wildman–Crippen LogP) is 4.00. The molecule has 2 N–H and O–H groups in total. The van der Waals surface area contributed by atoms with Crippen LogP contribution in [-0.2, 0) is 0 Å². The second-order valence-corrected chi connectivity index (χ2v) is 5.39. The summed E-state index contributed by atoms with van der Waals surface area (Å²) in [5.41, 5.74) is 6.64. The Labute approximate surface area is 115 Å². The number of nitrogen functional groups attached to an aromatic ring is 1. The molecule has 1 unspecified atom stereocenters. The van der Waals surface area contributed by atoms with Crippen molar-refractivity contribution in [1.82, 2.24) is 4.98 Å². The van der Waals surface area contributed by atoms with Crippen LogP contribution in [0.2, 0.25) is 0 Å². The number of nitrogens with zero attached hydrogens (tertiary/aromatic N) is 1. The molecule has 96 valence electrons. The second-order valence-electron chi connectivity index (χ2n) is 4.53. The van der Waals surface area contributed by atoms with Gasteiger partial charge in [-0.1, -0.05) is 20.3 Å². The molecule has 0 spiro atoms. The highest BCUT2D eigenvalue weighted by Crippen LogP contribution is 2.26. The van der Waals surface area contributed by atoms with E-state index in [4.69, 9.17) is 10.5 Å². The molecule has 4 heteroatoms. The number of fused-ring (bicyclic) bond motifs is 1. The number of anilines is 1. The van der Waals surface area contributed by atoms with Crippen LogP contribution in [0.3, 0.4) is 0 Å². The summed E-state index contributed by atoms with van der Waals surface area (Å²) >= 11 is 3.38. The Morgan fingerprint density at radius 3 is 2.89 bits per heavy atom. The Morgan fingerprint density at radius 2 is 2.17 bits per heavy atom. The summed E-state index contributed by atoms with van der Waals surface area (Å²) in [5.74, 6) is 1.90. The van der Waals surface area contributed by atoms with Gasteiger partial charge in [0.1, 0.15) is 11.6 Å². The van der Waals surface area contributed by atoms with Crippen molar-refractivity contribution in [3.05, 3.63) is 28.7 Å². The van der Waals surface area contributed by atoms with Gasteiger partial charge in [-0.3, -0.25) is 0 Å². The van der Waals surface area contributed by atoms with Crippen LogP contribution >= 0.6 is 15.9 Å². The summed E-state index contributed by atoms with van der Waals surface area (Å²) in [6.07, 6.45) is 1.12. The van der Waals surface area contributed by atoms with Crippen LogP contribution in [0.1, 0.15) is 20.3 Å². The molecule has 0 radical (unpaired) electrons. The minimum atomic E-state index is 0.501. The van der Waals surface area contributed by atoms with Gasteiger partial charge < -0.3 is 10.5 Å². The molecule has 1 aromatic carbocycles. The van der Waals surface area contributed by atoms with E-state index in [9.17, 15) is 0 Å². The van der Waals surface area contributed by atoms with E-state index in [0.29, 0.717) is 11.7 Å². The van der Waals surface area contributed by atoms with Crippen LogP contribution in [-0.4, -0.2) is 11.6 Å². The zero-order chi connectivity index (χ0) is 13.1. The summed E-state index contributed by atoms with van der Waals surface area (Å²) in [5, 5.41) is 1.05. The molecule has 18 heavy (non-hydrogen) atoms. The minimum absolute atomic E-state index is 0.501. The van der Waals surface area contributed by atoms with Crippen LogP contribution in [0.5, 0.6) is 5.75 Å². The van der Waals surface area contributed by atoms with E-state index in [1.54, 1.807) is 0 Å². The van der Waals surface area contributed by atoms with Gasteiger partial charge in [-0.2, -0.15) is 0 Å². The zero-order valence-electron chi connectivity index (χ0n) is 10.6. The van der Waals surface area contributed by atoms with E-state index in [-0.39, 0.29) is 0 Å². The topological polar surface area (TPSA) is 48.1 Å². The standard InChI is InChI=1S/C14H17BrN2O/c1-3-9(2)8-18-11-5-4-10-6-12(15)14(16)17-13(10)7-11/h4-7,9H,3,8H2,1-2H3,(H2,16,17). The highest BCUT2D eigenvalue weighted by molar-refractivity contribution is 9.10. The smallest absolute Gasteiger partial charge is 0.138 e. The maximum absolute atomic E-state index is 5.78. The summed E-state index contributed by atoms with van der Waals surface area (Å²) < 4.78 is 6.57. The molecule has 0 bridgehead atoms. The van der Waals surface area contributed by atoms with Crippen molar-refractivity contribution < 1.29 is 4.74 Å². The number of hydrogen-bond donors (Lipinski definition) is 1. The quantitative estimate of drug-likeness (QED) is 0.928. The Kier molecular flexibility index (Phi) is 4.07. The predicted molar refractivity (Wildman–Crippen MR) is 78.8 cm³/mol. The van der Waals surface area contributed by atoms with Gasteiger partial charge in [-0.15, -0.1) is 0 Å². The maximum Gasteiger partial charge on any atom is 0.138 e. The van der Waals surface area contributed by atoms with Crippen molar-refractivity contribution >= 4 is 32.7 Å². The second kappa shape index (κ2) is 5.57. The molecule has 2 aromatic rings. The van der Waals surface area contributed by atoms with E-state index >= 15 is 0 Å². The summed E-state index contributed by atoms with van der Waals surface area (Å²) in [6, 6.07) is 7.87. The van der Waals surface area contributed by atoms with E-state index < -0.39 is 0 Å². The fourth-order valence-electron chi connectivity index (χ4n) is 1.58. The molecule has 1 aromatic heterocycles. The Hall–Kier alpha value is -1.29. The largest absolute Gasteiger partial charge is 0.493 e. The van der Waals surface area contributed by atoms with E-state index in [2.05, 4.69) is 34.8 Å². The minimum Gasteiger partial charge on any atom is -0.493 e. The molecule has 1 atom stereocenters. The van der Waals surface area contributed by atoms with Gasteiger partial charge in [0.25, 0.3) is 0 Å². The maximum atomic E-state index is 5.78. The number of aromatic nitrogens is 1. The molecule has 0 saturated carbocycles. The SMILES string of the molecule is CCC(C)COc1ccc2cc(Br)c(N)nc2c1. The fourth-order valence-corrected chi connectivity index (χ4v) is 1.92. The molecule has 0 fully saturated rings. The lowest BCUT2D eigenvalue weighted by atomic mass is 10.1. The van der Waals surface area contributed by atoms with E-state index in [0.717, 1.165) is 34.2 Å². The average molecular weight is 309 g/mol. The number of pyridine rings is 1. The van der Waals surface area contributed by atoms with Crippen molar-refractivity contribution in [2.75, 3.05) is 12.3 Å². The van der Waals surface area contributed by atoms with Gasteiger partial charge in [-0.05, 0) is 40.0 Å². The van der Waals surface area contributed by atoms with Crippen LogP contribution in [0, 0.1) is 5.92 Å². The molecule has 1 heterocycles. The van der Waals surface area contributed by atoms with Gasteiger partial charge >= 0.3 is 0 Å². The highest BCUT2D eigenvalue weighted by Gasteiger charge is 2.04. The van der Waals surface area contributed by atoms with Crippen molar-refractivity contribution in [3.8, 4) is 5.75 Å². The summed E-state index contributed by atoms with van der Waals surface area (Å²) in [6.45, 7) is 5.07. The highest BCUT2D eigenvalue weighted by atomic mass is 79.9. The lowest BCUT2D eigenvalue weighted by Gasteiger charge is -2.11. The third kappa shape index (κ3) is 2.93. The molecular weight excluding hydrogens is 292 g/mol. The van der Waals surface area contributed by atoms with Crippen LogP contribution in [0.15, 0.2) is 28.7 Å². The molecular formula is C14H17BrN2O. The van der Waals surface area contributed by atoms with Crippen molar-refractivity contribution in [1.29, 1.82) is 0 Å². The monoisotopic (exact) mass is 308 g/mol. The number of halogens is 1. The zero-order valence-corrected chi connectivity index (χ0v) is 12.2. The lowest BCUT2D eigenvalue weighted by Crippen LogP contribution is -2.07. The van der Waals surface area contributed by atoms with Gasteiger partial charge in [0.2, 0.25) is 0 Å². The lowest BCUT2D eigenvalue weighted by molar-refractivity contribution is 0.257. The number of ether oxygens (including phenoxy) is 1. The molecule has 0 amide bonds. The third-order valence-corrected chi connectivity index (χ3v) is 3.64. The van der Waals surface area contributed by atoms with Crippen molar-refractivity contribution in [3.63, 3.8) is 0 Å². The number of nitrogens with two attached hydrogens (primary N) is 1. The summed E-state index contributed by atoms with van der Waals surface area (Å²) in [4.78, 5) is 4.33. The number of benzene rings is 1. The Morgan fingerprint density at radius 1 is 1.39 bits per heavy atom. The molecule has 0 saturated heterocycles. The van der Waals surface area contributed by atoms with Gasteiger partial charge in [-0.25, -0.2) is 4.98 Å². The van der Waals surface area contributed by atoms with E-state index in [1.807, 2.05) is 24.3 Å². The van der Waals surface area contributed by atoms with Gasteiger partial charge in [0.15, 0.2) is 0 Å².